The summed E-state index contributed by atoms with van der Waals surface area (Å²) in [6.07, 6.45) is 11.5. The number of rotatable bonds is 7. The quantitative estimate of drug-likeness (QED) is 0.457. The number of nitrogens with zero attached hydrogens (tertiary/aromatic N) is 4. The van der Waals surface area contributed by atoms with Gasteiger partial charge in [0.2, 0.25) is 0 Å². The third-order valence-electron chi connectivity index (χ3n) is 4.36. The van der Waals surface area contributed by atoms with E-state index in [2.05, 4.69) is 62.5 Å². The molecule has 0 saturated carbocycles. The van der Waals surface area contributed by atoms with Crippen molar-refractivity contribution in [2.75, 3.05) is 5.32 Å². The lowest BCUT2D eigenvalue weighted by Gasteiger charge is -2.10. The predicted octanol–water partition coefficient (Wildman–Crippen LogP) is 5.72. The fourth-order valence-corrected chi connectivity index (χ4v) is 5.05. The highest BCUT2D eigenvalue weighted by Gasteiger charge is 2.18. The first-order valence-electron chi connectivity index (χ1n) is 9.60. The Hall–Kier alpha value is -2.69. The summed E-state index contributed by atoms with van der Waals surface area (Å²) in [6.45, 7) is 4.30. The van der Waals surface area contributed by atoms with Gasteiger partial charge in [0, 0.05) is 21.4 Å². The number of aromatic nitrogens is 5. The molecule has 2 N–H and O–H groups in total. The van der Waals surface area contributed by atoms with Crippen molar-refractivity contribution in [3.63, 3.8) is 0 Å². The Kier molecular flexibility index (Phi) is 7.00. The predicted molar refractivity (Wildman–Crippen MR) is 125 cm³/mol. The Morgan fingerprint density at radius 1 is 1.26 bits per heavy atom. The lowest BCUT2D eigenvalue weighted by Crippen LogP contribution is -2.15. The Morgan fingerprint density at radius 2 is 2.16 bits per heavy atom. The normalized spacial score (nSPS) is 13.8. The van der Waals surface area contributed by atoms with Crippen molar-refractivity contribution in [2.24, 2.45) is 0 Å². The van der Waals surface area contributed by atoms with Crippen LogP contribution in [0.25, 0.3) is 0 Å². The summed E-state index contributed by atoms with van der Waals surface area (Å²) in [5.74, 6) is -0.293. The van der Waals surface area contributed by atoms with E-state index in [-0.39, 0.29) is 5.91 Å². The summed E-state index contributed by atoms with van der Waals surface area (Å²) in [5, 5.41) is 13.1. The monoisotopic (exact) mass is 468 g/mol. The molecule has 0 aliphatic heterocycles. The first kappa shape index (κ1) is 21.5. The minimum absolute atomic E-state index is 0.293. The van der Waals surface area contributed by atoms with Crippen LogP contribution in [0.4, 0.5) is 5.13 Å². The molecule has 0 spiro atoms. The van der Waals surface area contributed by atoms with Crippen molar-refractivity contribution in [3.05, 3.63) is 70.0 Å². The smallest absolute Gasteiger partial charge is 0.277 e. The van der Waals surface area contributed by atoms with Crippen LogP contribution in [0.1, 0.15) is 37.2 Å². The molecule has 4 rings (SSSR count). The van der Waals surface area contributed by atoms with Crippen LogP contribution in [0, 0.1) is 0 Å². The first-order chi connectivity index (χ1) is 15.1. The number of hydrogen-bond donors (Lipinski definition) is 2. The molecule has 7 nitrogen and oxygen atoms in total. The average Bonchev–Trinajstić information content (AvgIpc) is 3.43. The van der Waals surface area contributed by atoms with Gasteiger partial charge in [-0.05, 0) is 55.8 Å². The van der Waals surface area contributed by atoms with E-state index in [1.165, 1.54) is 52.3 Å². The molecule has 0 saturated heterocycles. The van der Waals surface area contributed by atoms with E-state index in [1.54, 1.807) is 6.20 Å². The van der Waals surface area contributed by atoms with E-state index in [9.17, 15) is 4.79 Å². The molecule has 158 valence electrons. The Bertz CT molecular complexity index is 1150. The fraction of sp³-hybridized carbons (Fsp3) is 0.190. The van der Waals surface area contributed by atoms with Crippen molar-refractivity contribution in [1.29, 1.82) is 0 Å². The minimum atomic E-state index is -0.293. The van der Waals surface area contributed by atoms with Crippen molar-refractivity contribution >= 4 is 45.9 Å². The molecule has 1 amide bonds. The zero-order valence-corrected chi connectivity index (χ0v) is 19.4. The number of carbonyl (C=O) groups is 1. The van der Waals surface area contributed by atoms with Gasteiger partial charge in [0.1, 0.15) is 17.0 Å². The number of H-pyrrole nitrogens is 1. The van der Waals surface area contributed by atoms with Gasteiger partial charge in [-0.25, -0.2) is 15.0 Å². The van der Waals surface area contributed by atoms with Crippen LogP contribution in [0.3, 0.4) is 0 Å². The van der Waals surface area contributed by atoms with Crippen molar-refractivity contribution in [2.45, 2.75) is 41.8 Å². The van der Waals surface area contributed by atoms with E-state index in [0.29, 0.717) is 21.0 Å². The van der Waals surface area contributed by atoms with Gasteiger partial charge in [-0.1, -0.05) is 35.9 Å². The molecule has 10 heteroatoms. The van der Waals surface area contributed by atoms with Crippen molar-refractivity contribution in [1.82, 2.24) is 25.1 Å². The average molecular weight is 469 g/mol. The highest BCUT2D eigenvalue weighted by Crippen LogP contribution is 2.35. The molecule has 1 aliphatic rings. The maximum absolute atomic E-state index is 13.1. The summed E-state index contributed by atoms with van der Waals surface area (Å²) in [5.41, 5.74) is 3.04. The zero-order valence-electron chi connectivity index (χ0n) is 17.0. The summed E-state index contributed by atoms with van der Waals surface area (Å²) in [4.78, 5) is 27.8. The second kappa shape index (κ2) is 10.1. The lowest BCUT2D eigenvalue weighted by molar-refractivity contribution is 0.101. The van der Waals surface area contributed by atoms with Gasteiger partial charge in [-0.15, -0.1) is 11.3 Å². The molecule has 0 atom stereocenters. The zero-order chi connectivity index (χ0) is 21.6. The molecule has 0 aromatic carbocycles. The largest absolute Gasteiger partial charge is 0.296 e. The van der Waals surface area contributed by atoms with Crippen molar-refractivity contribution < 1.29 is 4.79 Å². The molecule has 3 heterocycles. The summed E-state index contributed by atoms with van der Waals surface area (Å²) >= 11 is 4.22. The van der Waals surface area contributed by atoms with Crippen LogP contribution in [-0.4, -0.2) is 31.1 Å². The van der Waals surface area contributed by atoms with E-state index in [0.717, 1.165) is 22.6 Å². The van der Waals surface area contributed by atoms with Gasteiger partial charge in [-0.3, -0.25) is 15.2 Å². The number of thioether (sulfide) groups is 1. The number of anilines is 1. The Morgan fingerprint density at radius 3 is 2.90 bits per heavy atom. The number of aromatic amines is 1. The summed E-state index contributed by atoms with van der Waals surface area (Å²) in [7, 11) is 0. The lowest BCUT2D eigenvalue weighted by atomic mass is 10.1. The number of nitrogens with one attached hydrogen (secondary N) is 2. The topological polar surface area (TPSA) is 96.5 Å². The number of allylic oxidation sites excluding steroid dienone is 5. The molecule has 1 aliphatic carbocycles. The Labute approximate surface area is 192 Å². The van der Waals surface area contributed by atoms with Crippen LogP contribution in [0.15, 0.2) is 79.4 Å². The SMILES string of the molecule is CCC1=CC(Sc2ccc(Sc3ncn[nH]3)nc2C(=O)Nc2nccs2)=CC=C(C)C1. The minimum Gasteiger partial charge on any atom is -0.296 e. The van der Waals surface area contributed by atoms with Gasteiger partial charge in [0.15, 0.2) is 10.3 Å². The molecule has 31 heavy (non-hydrogen) atoms. The number of hydrogen-bond acceptors (Lipinski definition) is 8. The molecule has 0 radical (unpaired) electrons. The first-order valence-corrected chi connectivity index (χ1v) is 12.1. The second-order valence-electron chi connectivity index (χ2n) is 6.70. The van der Waals surface area contributed by atoms with Crippen LogP contribution >= 0.6 is 34.9 Å². The van der Waals surface area contributed by atoms with Crippen molar-refractivity contribution in [3.8, 4) is 0 Å². The highest BCUT2D eigenvalue weighted by molar-refractivity contribution is 8.03. The van der Waals surface area contributed by atoms with E-state index >= 15 is 0 Å². The molecule has 0 unspecified atom stereocenters. The maximum atomic E-state index is 13.1. The van der Waals surface area contributed by atoms with Gasteiger partial charge in [0.05, 0.1) is 0 Å². The summed E-state index contributed by atoms with van der Waals surface area (Å²) in [6, 6.07) is 3.81. The number of pyridine rings is 1. The third kappa shape index (κ3) is 5.72. The standard InChI is InChI=1S/C21H20N6OS3/c1-3-14-10-13(2)4-5-15(11-14)30-16-6-7-17(31-21-23-12-24-27-21)25-18(16)19(28)26-20-22-8-9-29-20/h4-9,11-12H,3,10H2,1-2H3,(H,22,26,28)(H,23,24,27). The second-order valence-corrected chi connectivity index (χ2v) is 9.72. The number of amides is 1. The molecular weight excluding hydrogens is 448 g/mol. The van der Waals surface area contributed by atoms with Crippen LogP contribution in [0.5, 0.6) is 0 Å². The van der Waals surface area contributed by atoms with Crippen LogP contribution < -0.4 is 5.32 Å². The van der Waals surface area contributed by atoms with Crippen LogP contribution in [0.2, 0.25) is 0 Å². The van der Waals surface area contributed by atoms with Gasteiger partial charge < -0.3 is 0 Å². The van der Waals surface area contributed by atoms with Crippen LogP contribution in [-0.2, 0) is 0 Å². The molecule has 0 fully saturated rings. The van der Waals surface area contributed by atoms with E-state index in [4.69, 9.17) is 0 Å². The molecule has 0 bridgehead atoms. The Balaban J connectivity index is 1.66. The maximum Gasteiger partial charge on any atom is 0.277 e. The van der Waals surface area contributed by atoms with E-state index < -0.39 is 0 Å². The summed E-state index contributed by atoms with van der Waals surface area (Å²) < 4.78 is 0. The van der Waals surface area contributed by atoms with Gasteiger partial charge >= 0.3 is 0 Å². The fourth-order valence-electron chi connectivity index (χ4n) is 2.87. The van der Waals surface area contributed by atoms with Gasteiger partial charge in [-0.2, -0.15) is 5.10 Å². The number of carbonyl (C=O) groups excluding carboxylic acids is 1. The molecule has 3 aromatic rings. The van der Waals surface area contributed by atoms with E-state index in [1.807, 2.05) is 17.5 Å². The highest BCUT2D eigenvalue weighted by atomic mass is 32.2. The molecule has 3 aromatic heterocycles. The third-order valence-corrected chi connectivity index (χ3v) is 6.92. The number of thiazole rings is 1. The van der Waals surface area contributed by atoms with Gasteiger partial charge in [0.25, 0.3) is 5.91 Å². The molecular formula is C21H20N6OS3.